The molecule has 3 rings (SSSR count). The minimum atomic E-state index is -0.0970. The lowest BCUT2D eigenvalue weighted by atomic mass is 10.1. The van der Waals surface area contributed by atoms with Crippen LogP contribution in [-0.4, -0.2) is 33.5 Å². The van der Waals surface area contributed by atoms with E-state index in [9.17, 15) is 4.79 Å². The van der Waals surface area contributed by atoms with Gasteiger partial charge in [-0.1, -0.05) is 35.5 Å². The lowest BCUT2D eigenvalue weighted by Crippen LogP contribution is -2.14. The van der Waals surface area contributed by atoms with Crippen LogP contribution in [0.25, 0.3) is 11.4 Å². The van der Waals surface area contributed by atoms with Gasteiger partial charge in [0.25, 0.3) is 0 Å². The van der Waals surface area contributed by atoms with Crippen LogP contribution in [0.3, 0.4) is 0 Å². The molecule has 134 valence electrons. The van der Waals surface area contributed by atoms with Crippen LogP contribution < -0.4 is 10.1 Å². The SMILES string of the molecule is COc1ccc(NC(=O)CSc2nnc(-c3cccc(C)c3)n2C)cc1. The Bertz CT molecular complexity index is 906. The normalized spacial score (nSPS) is 10.6. The third-order valence-electron chi connectivity index (χ3n) is 3.82. The van der Waals surface area contributed by atoms with Gasteiger partial charge in [0.1, 0.15) is 5.75 Å². The van der Waals surface area contributed by atoms with Crippen molar-refractivity contribution in [2.45, 2.75) is 12.1 Å². The third-order valence-corrected chi connectivity index (χ3v) is 4.84. The molecule has 2 aromatic carbocycles. The van der Waals surface area contributed by atoms with Gasteiger partial charge in [-0.25, -0.2) is 0 Å². The average molecular weight is 368 g/mol. The van der Waals surface area contributed by atoms with Crippen molar-refractivity contribution in [3.8, 4) is 17.1 Å². The van der Waals surface area contributed by atoms with Gasteiger partial charge in [-0.15, -0.1) is 10.2 Å². The molecule has 0 atom stereocenters. The highest BCUT2D eigenvalue weighted by Crippen LogP contribution is 2.23. The van der Waals surface area contributed by atoms with Gasteiger partial charge in [0, 0.05) is 18.3 Å². The molecular formula is C19H20N4O2S. The number of benzene rings is 2. The number of nitrogens with one attached hydrogen (secondary N) is 1. The van der Waals surface area contributed by atoms with E-state index < -0.39 is 0 Å². The van der Waals surface area contributed by atoms with E-state index >= 15 is 0 Å². The second kappa shape index (κ2) is 8.05. The van der Waals surface area contributed by atoms with Gasteiger partial charge in [0.15, 0.2) is 11.0 Å². The Labute approximate surface area is 156 Å². The first-order valence-corrected chi connectivity index (χ1v) is 9.08. The minimum Gasteiger partial charge on any atom is -0.497 e. The number of nitrogens with zero attached hydrogens (tertiary/aromatic N) is 3. The van der Waals surface area contributed by atoms with Crippen LogP contribution in [0.15, 0.2) is 53.7 Å². The number of carbonyl (C=O) groups excluding carboxylic acids is 1. The Morgan fingerprint density at radius 3 is 2.65 bits per heavy atom. The molecule has 0 fully saturated rings. The van der Waals surface area contributed by atoms with E-state index in [1.54, 1.807) is 31.4 Å². The molecule has 0 radical (unpaired) electrons. The lowest BCUT2D eigenvalue weighted by molar-refractivity contribution is -0.113. The van der Waals surface area contributed by atoms with E-state index in [0.717, 1.165) is 22.8 Å². The zero-order valence-electron chi connectivity index (χ0n) is 14.9. The molecule has 1 amide bonds. The Kier molecular flexibility index (Phi) is 5.58. The summed E-state index contributed by atoms with van der Waals surface area (Å²) in [5.74, 6) is 1.69. The lowest BCUT2D eigenvalue weighted by Gasteiger charge is -2.07. The summed E-state index contributed by atoms with van der Waals surface area (Å²) in [6, 6.07) is 15.3. The molecule has 3 aromatic rings. The van der Waals surface area contributed by atoms with Gasteiger partial charge in [-0.2, -0.15) is 0 Å². The molecule has 1 N–H and O–H groups in total. The molecule has 26 heavy (non-hydrogen) atoms. The summed E-state index contributed by atoms with van der Waals surface area (Å²) < 4.78 is 7.01. The number of hydrogen-bond donors (Lipinski definition) is 1. The summed E-state index contributed by atoms with van der Waals surface area (Å²) in [5.41, 5.74) is 2.91. The number of hydrogen-bond acceptors (Lipinski definition) is 5. The maximum absolute atomic E-state index is 12.2. The molecule has 0 saturated carbocycles. The Hall–Kier alpha value is -2.80. The predicted octanol–water partition coefficient (Wildman–Crippen LogP) is 3.53. The molecule has 0 unspecified atom stereocenters. The van der Waals surface area contributed by atoms with Gasteiger partial charge in [0.05, 0.1) is 12.9 Å². The van der Waals surface area contributed by atoms with E-state index in [4.69, 9.17) is 4.74 Å². The molecule has 1 aromatic heterocycles. The highest BCUT2D eigenvalue weighted by Gasteiger charge is 2.13. The van der Waals surface area contributed by atoms with Crippen LogP contribution >= 0.6 is 11.8 Å². The smallest absolute Gasteiger partial charge is 0.234 e. The van der Waals surface area contributed by atoms with Crippen molar-refractivity contribution in [1.82, 2.24) is 14.8 Å². The van der Waals surface area contributed by atoms with Crippen molar-refractivity contribution in [3.63, 3.8) is 0 Å². The zero-order valence-corrected chi connectivity index (χ0v) is 15.7. The van der Waals surface area contributed by atoms with Crippen LogP contribution in [0.1, 0.15) is 5.56 Å². The van der Waals surface area contributed by atoms with Crippen LogP contribution in [0.2, 0.25) is 0 Å². The third kappa shape index (κ3) is 4.23. The van der Waals surface area contributed by atoms with E-state index in [1.807, 2.05) is 36.7 Å². The zero-order chi connectivity index (χ0) is 18.5. The van der Waals surface area contributed by atoms with Gasteiger partial charge in [-0.3, -0.25) is 4.79 Å². The van der Waals surface area contributed by atoms with Gasteiger partial charge in [0.2, 0.25) is 5.91 Å². The van der Waals surface area contributed by atoms with Crippen LogP contribution in [0.5, 0.6) is 5.75 Å². The topological polar surface area (TPSA) is 69.0 Å². The van der Waals surface area contributed by atoms with E-state index in [-0.39, 0.29) is 11.7 Å². The second-order valence-electron chi connectivity index (χ2n) is 5.80. The minimum absolute atomic E-state index is 0.0970. The highest BCUT2D eigenvalue weighted by atomic mass is 32.2. The van der Waals surface area contributed by atoms with E-state index in [2.05, 4.69) is 21.6 Å². The average Bonchev–Trinajstić information content (AvgIpc) is 3.01. The molecule has 0 aliphatic heterocycles. The van der Waals surface area contributed by atoms with Crippen molar-refractivity contribution in [2.75, 3.05) is 18.2 Å². The van der Waals surface area contributed by atoms with Crippen LogP contribution in [0, 0.1) is 6.92 Å². The number of anilines is 1. The number of aromatic nitrogens is 3. The van der Waals surface area contributed by atoms with Crippen molar-refractivity contribution in [3.05, 3.63) is 54.1 Å². The first-order chi connectivity index (χ1) is 12.6. The predicted molar refractivity (Wildman–Crippen MR) is 104 cm³/mol. The number of methoxy groups -OCH3 is 1. The summed E-state index contributed by atoms with van der Waals surface area (Å²) in [6.45, 7) is 2.04. The number of aryl methyl sites for hydroxylation is 1. The summed E-state index contributed by atoms with van der Waals surface area (Å²) in [4.78, 5) is 12.2. The van der Waals surface area contributed by atoms with Crippen molar-refractivity contribution in [2.24, 2.45) is 7.05 Å². The molecule has 0 aliphatic rings. The molecule has 0 saturated heterocycles. The molecule has 0 spiro atoms. The monoisotopic (exact) mass is 368 g/mol. The standard InChI is InChI=1S/C19H20N4O2S/c1-13-5-4-6-14(11-13)18-21-22-19(23(18)2)26-12-17(24)20-15-7-9-16(25-3)10-8-15/h4-11H,12H2,1-3H3,(H,20,24). The van der Waals surface area contributed by atoms with Crippen LogP contribution in [-0.2, 0) is 11.8 Å². The summed E-state index contributed by atoms with van der Waals surface area (Å²) in [6.07, 6.45) is 0. The number of thioether (sulfide) groups is 1. The maximum Gasteiger partial charge on any atom is 0.234 e. The second-order valence-corrected chi connectivity index (χ2v) is 6.74. The number of ether oxygens (including phenoxy) is 1. The maximum atomic E-state index is 12.2. The van der Waals surface area contributed by atoms with E-state index in [1.165, 1.54) is 17.3 Å². The van der Waals surface area contributed by atoms with Crippen LogP contribution in [0.4, 0.5) is 5.69 Å². The van der Waals surface area contributed by atoms with Crippen molar-refractivity contribution < 1.29 is 9.53 Å². The number of amides is 1. The Balaban J connectivity index is 1.61. The van der Waals surface area contributed by atoms with Crippen molar-refractivity contribution in [1.29, 1.82) is 0 Å². The summed E-state index contributed by atoms with van der Waals surface area (Å²) >= 11 is 1.35. The highest BCUT2D eigenvalue weighted by molar-refractivity contribution is 7.99. The first-order valence-electron chi connectivity index (χ1n) is 8.10. The fourth-order valence-electron chi connectivity index (χ4n) is 2.48. The molecular weight excluding hydrogens is 348 g/mol. The fraction of sp³-hybridized carbons (Fsp3) is 0.211. The number of rotatable bonds is 6. The molecule has 7 heteroatoms. The first kappa shape index (κ1) is 18.0. The largest absolute Gasteiger partial charge is 0.497 e. The quantitative estimate of drug-likeness (QED) is 0.674. The van der Waals surface area contributed by atoms with Crippen molar-refractivity contribution >= 4 is 23.4 Å². The van der Waals surface area contributed by atoms with Gasteiger partial charge >= 0.3 is 0 Å². The number of carbonyl (C=O) groups is 1. The molecule has 0 aliphatic carbocycles. The summed E-state index contributed by atoms with van der Waals surface area (Å²) in [5, 5.41) is 12.0. The molecule has 1 heterocycles. The summed E-state index contributed by atoms with van der Waals surface area (Å²) in [7, 11) is 3.51. The molecule has 6 nitrogen and oxygen atoms in total. The van der Waals surface area contributed by atoms with Gasteiger partial charge in [-0.05, 0) is 37.3 Å². The fourth-order valence-corrected chi connectivity index (χ4v) is 3.19. The Morgan fingerprint density at radius 1 is 1.19 bits per heavy atom. The van der Waals surface area contributed by atoms with Gasteiger partial charge < -0.3 is 14.6 Å². The van der Waals surface area contributed by atoms with E-state index in [0.29, 0.717) is 5.16 Å². The Morgan fingerprint density at radius 2 is 1.96 bits per heavy atom. The molecule has 0 bridgehead atoms.